The normalized spacial score (nSPS) is 11.6. The second kappa shape index (κ2) is 7.25. The Morgan fingerprint density at radius 2 is 1.96 bits per heavy atom. The molecule has 144 valence electrons. The molecule has 27 heavy (non-hydrogen) atoms. The number of anilines is 1. The van der Waals surface area contributed by atoms with E-state index in [1.54, 1.807) is 13.8 Å². The molecule has 3 aromatic rings. The van der Waals surface area contributed by atoms with Crippen molar-refractivity contribution in [3.8, 4) is 0 Å². The average Bonchev–Trinajstić information content (AvgIpc) is 3.30. The fraction of sp³-hybridized carbons (Fsp3) is 0.312. The first-order chi connectivity index (χ1) is 12.8. The highest BCUT2D eigenvalue weighted by Crippen LogP contribution is 2.26. The number of aryl methyl sites for hydroxylation is 2. The number of rotatable bonds is 6. The summed E-state index contributed by atoms with van der Waals surface area (Å²) in [4.78, 5) is 12.2. The second-order valence-electron chi connectivity index (χ2n) is 5.67. The van der Waals surface area contributed by atoms with Crippen molar-refractivity contribution in [3.05, 3.63) is 52.6 Å². The predicted octanol–water partition coefficient (Wildman–Crippen LogP) is 4.26. The molecule has 0 unspecified atom stereocenters. The summed E-state index contributed by atoms with van der Waals surface area (Å²) in [6.07, 6.45) is -5.96. The molecule has 7 nitrogen and oxygen atoms in total. The second-order valence-corrected chi connectivity index (χ2v) is 5.67. The maximum atomic E-state index is 13.0. The first-order valence-corrected chi connectivity index (χ1v) is 7.73. The van der Waals surface area contributed by atoms with E-state index < -0.39 is 30.1 Å². The van der Waals surface area contributed by atoms with Crippen molar-refractivity contribution in [1.29, 1.82) is 0 Å². The van der Waals surface area contributed by atoms with Crippen molar-refractivity contribution in [2.24, 2.45) is 0 Å². The number of halogens is 4. The van der Waals surface area contributed by atoms with Crippen LogP contribution >= 0.6 is 0 Å². The van der Waals surface area contributed by atoms with E-state index >= 15 is 0 Å². The van der Waals surface area contributed by atoms with Crippen LogP contribution in [0.1, 0.15) is 52.0 Å². The summed E-state index contributed by atoms with van der Waals surface area (Å²) in [7, 11) is 0. The zero-order valence-electron chi connectivity index (χ0n) is 14.2. The molecular formula is C16H14F4N4O3. The van der Waals surface area contributed by atoms with Gasteiger partial charge in [-0.2, -0.15) is 5.10 Å². The number of nitrogens with zero attached hydrogens (tertiary/aromatic N) is 3. The molecule has 0 atom stereocenters. The minimum atomic E-state index is -2.98. The summed E-state index contributed by atoms with van der Waals surface area (Å²) >= 11 is 0. The molecule has 0 saturated carbocycles. The van der Waals surface area contributed by atoms with Gasteiger partial charge in [-0.25, -0.2) is 17.6 Å². The van der Waals surface area contributed by atoms with Crippen LogP contribution in [-0.2, 0) is 6.54 Å². The molecule has 11 heteroatoms. The van der Waals surface area contributed by atoms with Crippen LogP contribution in [-0.4, -0.2) is 20.8 Å². The fourth-order valence-electron chi connectivity index (χ4n) is 2.43. The van der Waals surface area contributed by atoms with Crippen molar-refractivity contribution < 1.29 is 31.3 Å². The van der Waals surface area contributed by atoms with Gasteiger partial charge in [-0.05, 0) is 32.0 Å². The van der Waals surface area contributed by atoms with Crippen LogP contribution in [0.5, 0.6) is 0 Å². The molecule has 0 radical (unpaired) electrons. The maximum absolute atomic E-state index is 13.0. The van der Waals surface area contributed by atoms with Gasteiger partial charge in [0.15, 0.2) is 11.5 Å². The number of furan rings is 1. The van der Waals surface area contributed by atoms with Gasteiger partial charge in [-0.3, -0.25) is 9.48 Å². The highest BCUT2D eigenvalue weighted by atomic mass is 19.3. The monoisotopic (exact) mass is 386 g/mol. The Labute approximate surface area is 149 Å². The van der Waals surface area contributed by atoms with Crippen molar-refractivity contribution in [1.82, 2.24) is 14.9 Å². The van der Waals surface area contributed by atoms with E-state index in [4.69, 9.17) is 8.94 Å². The summed E-state index contributed by atoms with van der Waals surface area (Å²) in [6, 6.07) is 3.35. The van der Waals surface area contributed by atoms with Crippen molar-refractivity contribution in [3.63, 3.8) is 0 Å². The molecule has 0 aliphatic heterocycles. The van der Waals surface area contributed by atoms with Gasteiger partial charge >= 0.3 is 0 Å². The van der Waals surface area contributed by atoms with Gasteiger partial charge in [-0.15, -0.1) is 0 Å². The minimum Gasteiger partial charge on any atom is -0.454 e. The number of aromatic nitrogens is 3. The van der Waals surface area contributed by atoms with Crippen LogP contribution in [0.3, 0.4) is 0 Å². The summed E-state index contributed by atoms with van der Waals surface area (Å²) < 4.78 is 62.4. The third kappa shape index (κ3) is 3.86. The first kappa shape index (κ1) is 18.7. The predicted molar refractivity (Wildman–Crippen MR) is 83.9 cm³/mol. The smallest absolute Gasteiger partial charge is 0.291 e. The first-order valence-electron chi connectivity index (χ1n) is 7.73. The zero-order chi connectivity index (χ0) is 19.7. The van der Waals surface area contributed by atoms with Crippen LogP contribution < -0.4 is 5.32 Å². The maximum Gasteiger partial charge on any atom is 0.291 e. The zero-order valence-corrected chi connectivity index (χ0v) is 14.2. The van der Waals surface area contributed by atoms with Gasteiger partial charge in [0, 0.05) is 0 Å². The van der Waals surface area contributed by atoms with Gasteiger partial charge in [0.25, 0.3) is 18.8 Å². The standard InChI is InChI=1S/C16H14F4N4O3/c1-7-13(8(2)27-23-7)21-16(25)12-4-3-9(26-12)6-24-11(15(19)20)5-10(22-24)14(17)18/h3-5,14-15H,6H2,1-2H3,(H,21,25). The lowest BCUT2D eigenvalue weighted by Crippen LogP contribution is -2.12. The van der Waals surface area contributed by atoms with Gasteiger partial charge < -0.3 is 14.3 Å². The third-order valence-electron chi connectivity index (χ3n) is 3.74. The lowest BCUT2D eigenvalue weighted by Gasteiger charge is -2.05. The molecular weight excluding hydrogens is 372 g/mol. The van der Waals surface area contributed by atoms with E-state index in [1.165, 1.54) is 12.1 Å². The van der Waals surface area contributed by atoms with E-state index in [-0.39, 0.29) is 18.1 Å². The van der Waals surface area contributed by atoms with E-state index in [0.717, 1.165) is 4.68 Å². The van der Waals surface area contributed by atoms with E-state index in [0.29, 0.717) is 23.2 Å². The number of hydrogen-bond donors (Lipinski definition) is 1. The molecule has 0 saturated heterocycles. The van der Waals surface area contributed by atoms with Gasteiger partial charge in [0.05, 0.1) is 6.54 Å². The Hall–Kier alpha value is -3.11. The Morgan fingerprint density at radius 3 is 2.56 bits per heavy atom. The Kier molecular flexibility index (Phi) is 5.02. The Bertz CT molecular complexity index is 941. The number of carbonyl (C=O) groups is 1. The van der Waals surface area contributed by atoms with Crippen molar-refractivity contribution in [2.45, 2.75) is 33.2 Å². The van der Waals surface area contributed by atoms with Crippen LogP contribution in [0.4, 0.5) is 23.2 Å². The molecule has 0 spiro atoms. The van der Waals surface area contributed by atoms with Crippen molar-refractivity contribution >= 4 is 11.6 Å². The molecule has 0 bridgehead atoms. The summed E-state index contributed by atoms with van der Waals surface area (Å²) in [6.45, 7) is 2.93. The van der Waals surface area contributed by atoms with E-state index in [9.17, 15) is 22.4 Å². The summed E-state index contributed by atoms with van der Waals surface area (Å²) in [5, 5.41) is 9.74. The molecule has 0 fully saturated rings. The van der Waals surface area contributed by atoms with Crippen LogP contribution in [0, 0.1) is 13.8 Å². The molecule has 1 N–H and O–H groups in total. The average molecular weight is 386 g/mol. The lowest BCUT2D eigenvalue weighted by atomic mass is 10.3. The fourth-order valence-corrected chi connectivity index (χ4v) is 2.43. The number of alkyl halides is 4. The largest absolute Gasteiger partial charge is 0.454 e. The number of carbonyl (C=O) groups excluding carboxylic acids is 1. The molecule has 0 aromatic carbocycles. The topological polar surface area (TPSA) is 86.1 Å². The minimum absolute atomic E-state index is 0.0927. The number of nitrogens with one attached hydrogen (secondary N) is 1. The molecule has 0 aliphatic rings. The third-order valence-corrected chi connectivity index (χ3v) is 3.74. The number of hydrogen-bond acceptors (Lipinski definition) is 5. The number of amides is 1. The van der Waals surface area contributed by atoms with Gasteiger partial charge in [0.1, 0.15) is 28.5 Å². The lowest BCUT2D eigenvalue weighted by molar-refractivity contribution is 0.0993. The Balaban J connectivity index is 1.77. The summed E-state index contributed by atoms with van der Waals surface area (Å²) in [5.41, 5.74) is -0.548. The molecule has 1 amide bonds. The highest BCUT2D eigenvalue weighted by molar-refractivity contribution is 6.02. The van der Waals surface area contributed by atoms with Gasteiger partial charge in [0.2, 0.25) is 0 Å². The summed E-state index contributed by atoms with van der Waals surface area (Å²) in [5.74, 6) is -0.182. The highest BCUT2D eigenvalue weighted by Gasteiger charge is 2.22. The Morgan fingerprint density at radius 1 is 1.22 bits per heavy atom. The molecule has 3 rings (SSSR count). The van der Waals surface area contributed by atoms with E-state index in [1.807, 2.05) is 0 Å². The SMILES string of the molecule is Cc1noc(C)c1NC(=O)c1ccc(Cn2nc(C(F)F)cc2C(F)F)o1. The molecule has 0 aliphatic carbocycles. The van der Waals surface area contributed by atoms with Crippen LogP contribution in [0.2, 0.25) is 0 Å². The van der Waals surface area contributed by atoms with Crippen LogP contribution in [0.15, 0.2) is 27.1 Å². The molecule has 3 heterocycles. The van der Waals surface area contributed by atoms with Crippen LogP contribution in [0.25, 0.3) is 0 Å². The van der Waals surface area contributed by atoms with Gasteiger partial charge in [-0.1, -0.05) is 5.16 Å². The van der Waals surface area contributed by atoms with Crippen molar-refractivity contribution in [2.75, 3.05) is 5.32 Å². The molecule has 3 aromatic heterocycles. The van der Waals surface area contributed by atoms with E-state index in [2.05, 4.69) is 15.6 Å². The quantitative estimate of drug-likeness (QED) is 0.640.